The molecule has 1 amide bonds. The van der Waals surface area contributed by atoms with Crippen LogP contribution in [0, 0.1) is 0 Å². The van der Waals surface area contributed by atoms with Crippen LogP contribution in [0.4, 0.5) is 10.5 Å². The molecule has 1 fully saturated rings. The number of amidine groups is 1. The second-order valence-corrected chi connectivity index (χ2v) is 13.4. The summed E-state index contributed by atoms with van der Waals surface area (Å²) < 4.78 is 42.5. The molecule has 0 saturated carbocycles. The molecule has 46 heavy (non-hydrogen) atoms. The normalized spacial score (nSPS) is 19.2. The molecule has 2 aliphatic rings. The molecule has 1 saturated heterocycles. The zero-order valence-corrected chi connectivity index (χ0v) is 26.6. The van der Waals surface area contributed by atoms with E-state index in [4.69, 9.17) is 24.8 Å². The van der Waals surface area contributed by atoms with E-state index in [0.29, 0.717) is 42.2 Å². The van der Waals surface area contributed by atoms with Crippen molar-refractivity contribution in [1.29, 1.82) is 0 Å². The number of rotatable bonds is 14. The van der Waals surface area contributed by atoms with Gasteiger partial charge in [-0.25, -0.2) is 33.3 Å². The smallest absolute Gasteiger partial charge is 0.414 e. The summed E-state index contributed by atoms with van der Waals surface area (Å²) in [5.74, 6) is -0.102. The van der Waals surface area contributed by atoms with Crippen molar-refractivity contribution in [2.24, 2.45) is 10.7 Å². The first kappa shape index (κ1) is 32.9. The minimum atomic E-state index is -3.98. The maximum absolute atomic E-state index is 13.0. The van der Waals surface area contributed by atoms with Crippen molar-refractivity contribution in [2.45, 2.75) is 50.3 Å². The highest BCUT2D eigenvalue weighted by Crippen LogP contribution is 2.27. The highest BCUT2D eigenvalue weighted by atomic mass is 32.2. The first-order valence-corrected chi connectivity index (χ1v) is 16.8. The molecule has 0 spiro atoms. The Morgan fingerprint density at radius 3 is 2.46 bits per heavy atom. The van der Waals surface area contributed by atoms with Crippen molar-refractivity contribution in [3.05, 3.63) is 95.6 Å². The van der Waals surface area contributed by atoms with Crippen molar-refractivity contribution >= 4 is 33.4 Å². The van der Waals surface area contributed by atoms with Gasteiger partial charge in [-0.3, -0.25) is 4.90 Å². The molecule has 244 valence electrons. The molecule has 2 aliphatic heterocycles. The van der Waals surface area contributed by atoms with Crippen LogP contribution < -0.4 is 20.9 Å². The van der Waals surface area contributed by atoms with Gasteiger partial charge >= 0.3 is 12.1 Å². The number of hydroxylamine groups is 1. The Morgan fingerprint density at radius 1 is 1.07 bits per heavy atom. The molecule has 3 aromatic carbocycles. The first-order valence-electron chi connectivity index (χ1n) is 15.2. The molecular weight excluding hydrogens is 612 g/mol. The van der Waals surface area contributed by atoms with Crippen molar-refractivity contribution in [3.8, 4) is 5.75 Å². The van der Waals surface area contributed by atoms with E-state index in [0.717, 1.165) is 11.1 Å². The highest BCUT2D eigenvalue weighted by molar-refractivity contribution is 7.93. The number of aliphatic imine (C=N–C) groups is 1. The van der Waals surface area contributed by atoms with Gasteiger partial charge in [-0.1, -0.05) is 55.8 Å². The number of carbonyl (C=O) groups excluding carboxylic acids is 2. The quantitative estimate of drug-likeness (QED) is 0.244. The lowest BCUT2D eigenvalue weighted by atomic mass is 10.1. The molecule has 3 atom stereocenters. The molecule has 13 heteroatoms. The predicted octanol–water partition coefficient (Wildman–Crippen LogP) is 4.05. The summed E-state index contributed by atoms with van der Waals surface area (Å²) in [6.45, 7) is 3.87. The fraction of sp³-hybridized carbons (Fsp3) is 0.364. The zero-order chi connectivity index (χ0) is 32.7. The van der Waals surface area contributed by atoms with Crippen LogP contribution in [-0.4, -0.2) is 62.8 Å². The van der Waals surface area contributed by atoms with E-state index in [2.05, 4.69) is 10.5 Å². The maximum atomic E-state index is 13.0. The lowest BCUT2D eigenvalue weighted by Gasteiger charge is -2.27. The van der Waals surface area contributed by atoms with Gasteiger partial charge < -0.3 is 19.9 Å². The number of amides is 1. The van der Waals surface area contributed by atoms with E-state index < -0.39 is 39.1 Å². The number of hydrogen-bond donors (Lipinski definition) is 2. The lowest BCUT2D eigenvalue weighted by Crippen LogP contribution is -2.58. The lowest BCUT2D eigenvalue weighted by molar-refractivity contribution is -0.146. The summed E-state index contributed by atoms with van der Waals surface area (Å²) >= 11 is 0. The number of carbonyl (C=O) groups is 2. The summed E-state index contributed by atoms with van der Waals surface area (Å²) in [5.41, 5.74) is 12.1. The topological polar surface area (TPSA) is 159 Å². The largest absolute Gasteiger partial charge is 0.490 e. The van der Waals surface area contributed by atoms with Crippen molar-refractivity contribution in [2.75, 3.05) is 30.4 Å². The minimum Gasteiger partial charge on any atom is -0.490 e. The van der Waals surface area contributed by atoms with E-state index in [-0.39, 0.29) is 25.4 Å². The van der Waals surface area contributed by atoms with Crippen LogP contribution >= 0.6 is 0 Å². The third-order valence-electron chi connectivity index (χ3n) is 7.69. The number of hydrogen-bond acceptors (Lipinski definition) is 11. The SMILES string of the molecule is CCCCS(=O)(=O)C(N)(Cc1ccc(OCC2CN(c3ccc(C4=NC(c5ccccc5)ON4)cc3)C(=O)O2)cc1)C(=O)OCC. The summed E-state index contributed by atoms with van der Waals surface area (Å²) in [6, 6.07) is 23.6. The van der Waals surface area contributed by atoms with Gasteiger partial charge in [0.2, 0.25) is 11.1 Å². The van der Waals surface area contributed by atoms with E-state index in [1.807, 2.05) is 61.5 Å². The maximum Gasteiger partial charge on any atom is 0.414 e. The number of cyclic esters (lactones) is 1. The first-order chi connectivity index (χ1) is 22.1. The van der Waals surface area contributed by atoms with E-state index >= 15 is 0 Å². The van der Waals surface area contributed by atoms with Gasteiger partial charge in [-0.15, -0.1) is 0 Å². The molecule has 0 radical (unpaired) electrons. The average Bonchev–Trinajstić information content (AvgIpc) is 3.71. The van der Waals surface area contributed by atoms with Gasteiger partial charge in [-0.05, 0) is 55.3 Å². The van der Waals surface area contributed by atoms with Crippen molar-refractivity contribution in [1.82, 2.24) is 5.48 Å². The molecule has 2 heterocycles. The number of anilines is 1. The Labute approximate surface area is 268 Å². The van der Waals surface area contributed by atoms with Crippen LogP contribution in [0.3, 0.4) is 0 Å². The van der Waals surface area contributed by atoms with E-state index in [9.17, 15) is 18.0 Å². The number of unbranched alkanes of at least 4 members (excludes halogenated alkanes) is 1. The molecule has 5 rings (SSSR count). The van der Waals surface area contributed by atoms with Gasteiger partial charge in [0.05, 0.1) is 18.9 Å². The predicted molar refractivity (Wildman–Crippen MR) is 172 cm³/mol. The summed E-state index contributed by atoms with van der Waals surface area (Å²) in [7, 11) is -3.98. The monoisotopic (exact) mass is 650 g/mol. The number of nitrogens with one attached hydrogen (secondary N) is 1. The molecule has 0 aliphatic carbocycles. The van der Waals surface area contributed by atoms with Crippen LogP contribution in [0.1, 0.15) is 49.6 Å². The highest BCUT2D eigenvalue weighted by Gasteiger charge is 2.48. The third-order valence-corrected chi connectivity index (χ3v) is 9.94. The number of nitrogens with zero attached hydrogens (tertiary/aromatic N) is 2. The van der Waals surface area contributed by atoms with Gasteiger partial charge in [0.15, 0.2) is 21.8 Å². The van der Waals surface area contributed by atoms with Crippen LogP contribution in [0.25, 0.3) is 0 Å². The Kier molecular flexibility index (Phi) is 10.2. The van der Waals surface area contributed by atoms with E-state index in [1.165, 1.54) is 4.90 Å². The Morgan fingerprint density at radius 2 is 1.78 bits per heavy atom. The molecular formula is C33H38N4O8S. The number of ether oxygens (including phenoxy) is 3. The number of sulfone groups is 1. The minimum absolute atomic E-state index is 0.0145. The molecule has 3 aromatic rings. The summed E-state index contributed by atoms with van der Waals surface area (Å²) in [6.07, 6.45) is -0.646. The second-order valence-electron chi connectivity index (χ2n) is 11.0. The standard InChI is InChI=1S/C33H38N4O8S/c1-3-5-19-46(40,41)33(34,31(38)42-4-2)20-23-11-17-27(18-12-23)43-22-28-21-37(32(39)44-28)26-15-13-24(14-16-26)29-35-30(45-36-29)25-9-7-6-8-10-25/h6-18,28,30H,3-5,19-22,34H2,1-2H3,(H,35,36). The van der Waals surface area contributed by atoms with Gasteiger partial charge in [0.1, 0.15) is 12.4 Å². The summed E-state index contributed by atoms with van der Waals surface area (Å²) in [4.78, 5) is 34.9. The molecule has 0 bridgehead atoms. The second kappa shape index (κ2) is 14.3. The van der Waals surface area contributed by atoms with Crippen molar-refractivity contribution < 1.29 is 37.1 Å². The Balaban J connectivity index is 1.16. The fourth-order valence-electron chi connectivity index (χ4n) is 5.07. The van der Waals surface area contributed by atoms with Gasteiger partial charge in [0.25, 0.3) is 0 Å². The van der Waals surface area contributed by atoms with Crippen LogP contribution in [-0.2, 0) is 35.4 Å². The Bertz CT molecular complexity index is 1650. The number of nitrogens with two attached hydrogens (primary N) is 1. The Hall–Kier alpha value is -4.46. The molecule has 12 nitrogen and oxygen atoms in total. The third kappa shape index (κ3) is 7.33. The molecule has 0 aromatic heterocycles. The number of esters is 1. The molecule has 3 N–H and O–H groups in total. The summed E-state index contributed by atoms with van der Waals surface area (Å²) in [5, 5.41) is 0. The van der Waals surface area contributed by atoms with E-state index in [1.54, 1.807) is 31.2 Å². The zero-order valence-electron chi connectivity index (χ0n) is 25.8. The van der Waals surface area contributed by atoms with Crippen LogP contribution in [0.2, 0.25) is 0 Å². The average molecular weight is 651 g/mol. The number of benzene rings is 3. The van der Waals surface area contributed by atoms with Gasteiger partial charge in [0, 0.05) is 23.2 Å². The van der Waals surface area contributed by atoms with Crippen molar-refractivity contribution in [3.63, 3.8) is 0 Å². The van der Waals surface area contributed by atoms with Crippen LogP contribution in [0.15, 0.2) is 83.9 Å². The fourth-order valence-corrected chi connectivity index (χ4v) is 6.80. The van der Waals surface area contributed by atoms with Crippen LogP contribution in [0.5, 0.6) is 5.75 Å². The van der Waals surface area contributed by atoms with Gasteiger partial charge in [-0.2, -0.15) is 0 Å². The molecule has 3 unspecified atom stereocenters.